The zero-order valence-corrected chi connectivity index (χ0v) is 11.4. The van der Waals surface area contributed by atoms with Gasteiger partial charge in [0.1, 0.15) is 11.0 Å². The molecule has 0 bridgehead atoms. The van der Waals surface area contributed by atoms with Crippen molar-refractivity contribution in [1.29, 1.82) is 0 Å². The van der Waals surface area contributed by atoms with Crippen LogP contribution in [0.25, 0.3) is 0 Å². The second kappa shape index (κ2) is 4.88. The Balaban J connectivity index is 2.21. The number of rotatable bonds is 2. The summed E-state index contributed by atoms with van der Waals surface area (Å²) in [7, 11) is -1.09. The minimum absolute atomic E-state index is 0.173. The van der Waals surface area contributed by atoms with Crippen LogP contribution in [0.3, 0.4) is 0 Å². The van der Waals surface area contributed by atoms with Crippen molar-refractivity contribution in [2.45, 2.75) is 31.2 Å². The number of hydrogen-bond acceptors (Lipinski definition) is 2. The third-order valence-electron chi connectivity index (χ3n) is 2.99. The van der Waals surface area contributed by atoms with Crippen LogP contribution in [0.15, 0.2) is 29.2 Å². The molecule has 1 saturated heterocycles. The van der Waals surface area contributed by atoms with Gasteiger partial charge in [0, 0.05) is 6.54 Å². The summed E-state index contributed by atoms with van der Waals surface area (Å²) in [5.41, 5.74) is 1.01. The molecule has 0 saturated carbocycles. The first kappa shape index (κ1) is 12.7. The highest BCUT2D eigenvalue weighted by Crippen LogP contribution is 2.24. The standard InChI is InChI=1S/C13H19NO2S/c1-11-4-6-12(7-5-11)17(15)14-8-9-16-10-13(14,2)3/h4-7H,8-10H2,1-3H3. The maximum atomic E-state index is 12.5. The second-order valence-electron chi connectivity index (χ2n) is 5.03. The van der Waals surface area contributed by atoms with Crippen molar-refractivity contribution in [2.75, 3.05) is 19.8 Å². The van der Waals surface area contributed by atoms with Gasteiger partial charge in [-0.15, -0.1) is 0 Å². The summed E-state index contributed by atoms with van der Waals surface area (Å²) >= 11 is 0. The molecule has 1 aliphatic rings. The number of ether oxygens (including phenoxy) is 1. The summed E-state index contributed by atoms with van der Waals surface area (Å²) in [5.74, 6) is 0. The molecule has 17 heavy (non-hydrogen) atoms. The van der Waals surface area contributed by atoms with E-state index < -0.39 is 11.0 Å². The molecule has 94 valence electrons. The SMILES string of the molecule is Cc1ccc(S(=O)N2CCOCC2(C)C)cc1. The van der Waals surface area contributed by atoms with Crippen LogP contribution < -0.4 is 0 Å². The number of benzene rings is 1. The van der Waals surface area contributed by atoms with Gasteiger partial charge in [0.25, 0.3) is 0 Å². The molecule has 0 spiro atoms. The highest BCUT2D eigenvalue weighted by Gasteiger charge is 2.34. The number of morpholine rings is 1. The molecule has 2 rings (SSSR count). The largest absolute Gasteiger partial charge is 0.378 e. The van der Waals surface area contributed by atoms with Gasteiger partial charge in [0.15, 0.2) is 0 Å². The molecule has 1 atom stereocenters. The molecule has 3 nitrogen and oxygen atoms in total. The van der Waals surface area contributed by atoms with E-state index in [1.54, 1.807) is 0 Å². The van der Waals surface area contributed by atoms with Crippen molar-refractivity contribution in [1.82, 2.24) is 4.31 Å². The van der Waals surface area contributed by atoms with E-state index in [-0.39, 0.29) is 5.54 Å². The average molecular weight is 253 g/mol. The molecule has 1 unspecified atom stereocenters. The van der Waals surface area contributed by atoms with Crippen LogP contribution in [0.1, 0.15) is 19.4 Å². The lowest BCUT2D eigenvalue weighted by molar-refractivity contribution is -0.00525. The van der Waals surface area contributed by atoms with E-state index in [0.717, 1.165) is 4.90 Å². The van der Waals surface area contributed by atoms with Crippen molar-refractivity contribution in [3.8, 4) is 0 Å². The Bertz CT molecular complexity index is 414. The lowest BCUT2D eigenvalue weighted by Crippen LogP contribution is -2.53. The minimum atomic E-state index is -1.09. The quantitative estimate of drug-likeness (QED) is 0.808. The number of hydrogen-bond donors (Lipinski definition) is 0. The molecule has 0 N–H and O–H groups in total. The van der Waals surface area contributed by atoms with E-state index in [1.807, 2.05) is 35.5 Å². The van der Waals surface area contributed by atoms with Gasteiger partial charge >= 0.3 is 0 Å². The van der Waals surface area contributed by atoms with E-state index in [0.29, 0.717) is 19.8 Å². The Kier molecular flexibility index (Phi) is 3.66. The van der Waals surface area contributed by atoms with Crippen LogP contribution in [-0.4, -0.2) is 33.8 Å². The Morgan fingerprint density at radius 3 is 2.53 bits per heavy atom. The minimum Gasteiger partial charge on any atom is -0.378 e. The van der Waals surface area contributed by atoms with Crippen molar-refractivity contribution in [2.24, 2.45) is 0 Å². The van der Waals surface area contributed by atoms with Crippen molar-refractivity contribution in [3.05, 3.63) is 29.8 Å². The van der Waals surface area contributed by atoms with Gasteiger partial charge in [-0.3, -0.25) is 0 Å². The monoisotopic (exact) mass is 253 g/mol. The summed E-state index contributed by atoms with van der Waals surface area (Å²) in [6.07, 6.45) is 0. The van der Waals surface area contributed by atoms with E-state index in [9.17, 15) is 4.21 Å². The van der Waals surface area contributed by atoms with Crippen molar-refractivity contribution < 1.29 is 8.95 Å². The topological polar surface area (TPSA) is 29.5 Å². The highest BCUT2D eigenvalue weighted by atomic mass is 32.2. The molecular weight excluding hydrogens is 234 g/mol. The summed E-state index contributed by atoms with van der Waals surface area (Å²) in [6.45, 7) is 8.17. The van der Waals surface area contributed by atoms with Gasteiger partial charge in [-0.2, -0.15) is 0 Å². The van der Waals surface area contributed by atoms with Crippen molar-refractivity contribution in [3.63, 3.8) is 0 Å². The smallest absolute Gasteiger partial charge is 0.128 e. The third kappa shape index (κ3) is 2.76. The van der Waals surface area contributed by atoms with Gasteiger partial charge in [-0.05, 0) is 32.9 Å². The van der Waals surface area contributed by atoms with Gasteiger partial charge < -0.3 is 4.74 Å². The predicted molar refractivity (Wildman–Crippen MR) is 69.2 cm³/mol. The molecule has 1 aliphatic heterocycles. The van der Waals surface area contributed by atoms with Crippen LogP contribution in [0.2, 0.25) is 0 Å². The lowest BCUT2D eigenvalue weighted by atomic mass is 10.1. The lowest BCUT2D eigenvalue weighted by Gasteiger charge is -2.40. The fourth-order valence-electron chi connectivity index (χ4n) is 1.93. The van der Waals surface area contributed by atoms with Crippen LogP contribution in [-0.2, 0) is 15.7 Å². The fraction of sp³-hybridized carbons (Fsp3) is 0.538. The Hall–Kier alpha value is -0.710. The van der Waals surface area contributed by atoms with Crippen LogP contribution in [0.4, 0.5) is 0 Å². The first-order valence-corrected chi connectivity index (χ1v) is 6.95. The van der Waals surface area contributed by atoms with E-state index in [2.05, 4.69) is 13.8 Å². The summed E-state index contributed by atoms with van der Waals surface area (Å²) < 4.78 is 20.0. The fourth-order valence-corrected chi connectivity index (χ4v) is 3.30. The molecule has 1 fully saturated rings. The zero-order valence-electron chi connectivity index (χ0n) is 10.6. The van der Waals surface area contributed by atoms with Gasteiger partial charge in [-0.25, -0.2) is 8.51 Å². The van der Waals surface area contributed by atoms with Gasteiger partial charge in [-0.1, -0.05) is 17.7 Å². The Morgan fingerprint density at radius 1 is 1.29 bits per heavy atom. The maximum absolute atomic E-state index is 12.5. The molecule has 1 aromatic rings. The molecule has 0 radical (unpaired) electrons. The Labute approximate surface area is 105 Å². The number of nitrogens with zero attached hydrogens (tertiary/aromatic N) is 1. The highest BCUT2D eigenvalue weighted by molar-refractivity contribution is 7.82. The van der Waals surface area contributed by atoms with Gasteiger partial charge in [0.2, 0.25) is 0 Å². The maximum Gasteiger partial charge on any atom is 0.128 e. The van der Waals surface area contributed by atoms with Gasteiger partial charge in [0.05, 0.1) is 23.6 Å². The molecule has 0 amide bonds. The van der Waals surface area contributed by atoms with Crippen molar-refractivity contribution >= 4 is 11.0 Å². The summed E-state index contributed by atoms with van der Waals surface area (Å²) in [6, 6.07) is 7.88. The first-order valence-electron chi connectivity index (χ1n) is 5.85. The van der Waals surface area contributed by atoms with E-state index in [4.69, 9.17) is 4.74 Å². The van der Waals surface area contributed by atoms with Crippen LogP contribution in [0, 0.1) is 6.92 Å². The predicted octanol–water partition coefficient (Wildman–Crippen LogP) is 2.13. The molecule has 0 aliphatic carbocycles. The summed E-state index contributed by atoms with van der Waals surface area (Å²) in [4.78, 5) is 0.866. The van der Waals surface area contributed by atoms with E-state index >= 15 is 0 Å². The Morgan fingerprint density at radius 2 is 1.94 bits per heavy atom. The number of aryl methyl sites for hydroxylation is 1. The summed E-state index contributed by atoms with van der Waals surface area (Å²) in [5, 5.41) is 0. The van der Waals surface area contributed by atoms with Crippen LogP contribution in [0.5, 0.6) is 0 Å². The molecule has 0 aromatic heterocycles. The zero-order chi connectivity index (χ0) is 12.5. The normalized spacial score (nSPS) is 22.3. The molecule has 1 aromatic carbocycles. The van der Waals surface area contributed by atoms with Crippen LogP contribution >= 0.6 is 0 Å². The van der Waals surface area contributed by atoms with E-state index in [1.165, 1.54) is 5.56 Å². The first-order chi connectivity index (χ1) is 8.00. The average Bonchev–Trinajstić information content (AvgIpc) is 2.28. The molecular formula is C13H19NO2S. The second-order valence-corrected chi connectivity index (χ2v) is 6.44. The third-order valence-corrected chi connectivity index (χ3v) is 4.74. The molecule has 4 heteroatoms. The molecule has 1 heterocycles.